The number of carbonyl (C=O) groups excluding carboxylic acids is 1. The summed E-state index contributed by atoms with van der Waals surface area (Å²) < 4.78 is 0. The van der Waals surface area contributed by atoms with E-state index in [1.807, 2.05) is 30.5 Å². The van der Waals surface area contributed by atoms with Crippen LogP contribution in [-0.4, -0.2) is 16.0 Å². The maximum absolute atomic E-state index is 12.0. The lowest BCUT2D eigenvalue weighted by atomic mass is 10.1. The highest BCUT2D eigenvalue weighted by molar-refractivity contribution is 5.99. The number of hydrogen-bond donors (Lipinski definition) is 3. The number of amides is 2. The van der Waals surface area contributed by atoms with Gasteiger partial charge in [-0.3, -0.25) is 4.98 Å². The average molecular weight is 320 g/mol. The summed E-state index contributed by atoms with van der Waals surface area (Å²) in [4.78, 5) is 19.2. The standard InChI is InChI=1S/C19H20N4O/c24-19(23-18-10-3-11-20-14-18)22-17-8-2-6-15(13-17)5-1-7-16-9-4-12-21-16/h2-4,6,8-14,21H,1,5,7H2,(H2,22,23,24). The van der Waals surface area contributed by atoms with Gasteiger partial charge in [-0.2, -0.15) is 0 Å². The molecular formula is C19H20N4O. The number of carbonyl (C=O) groups is 1. The minimum absolute atomic E-state index is 0.272. The lowest BCUT2D eigenvalue weighted by Crippen LogP contribution is -2.19. The Balaban J connectivity index is 1.51. The summed E-state index contributed by atoms with van der Waals surface area (Å²) in [6.45, 7) is 0. The second-order valence-electron chi connectivity index (χ2n) is 5.57. The van der Waals surface area contributed by atoms with Crippen molar-refractivity contribution in [2.45, 2.75) is 19.3 Å². The molecule has 0 aliphatic carbocycles. The Morgan fingerprint density at radius 2 is 1.88 bits per heavy atom. The van der Waals surface area contributed by atoms with Gasteiger partial charge in [-0.25, -0.2) is 4.79 Å². The summed E-state index contributed by atoms with van der Waals surface area (Å²) in [5.74, 6) is 0. The Morgan fingerprint density at radius 3 is 2.67 bits per heavy atom. The molecule has 122 valence electrons. The first kappa shape index (κ1) is 15.8. The van der Waals surface area contributed by atoms with E-state index in [1.165, 1.54) is 11.3 Å². The molecule has 0 saturated heterocycles. The van der Waals surface area contributed by atoms with Crippen molar-refractivity contribution in [1.29, 1.82) is 0 Å². The lowest BCUT2D eigenvalue weighted by Gasteiger charge is -2.09. The Morgan fingerprint density at radius 1 is 1.00 bits per heavy atom. The van der Waals surface area contributed by atoms with Crippen LogP contribution in [0.2, 0.25) is 0 Å². The third kappa shape index (κ3) is 4.71. The van der Waals surface area contributed by atoms with E-state index in [-0.39, 0.29) is 6.03 Å². The lowest BCUT2D eigenvalue weighted by molar-refractivity contribution is 0.262. The number of aryl methyl sites for hydroxylation is 2. The highest BCUT2D eigenvalue weighted by Gasteiger charge is 2.03. The van der Waals surface area contributed by atoms with Crippen LogP contribution < -0.4 is 10.6 Å². The Labute approximate surface area is 141 Å². The number of aromatic nitrogens is 2. The van der Waals surface area contributed by atoms with Crippen LogP contribution in [0.4, 0.5) is 16.2 Å². The van der Waals surface area contributed by atoms with Gasteiger partial charge < -0.3 is 15.6 Å². The van der Waals surface area contributed by atoms with E-state index in [0.29, 0.717) is 5.69 Å². The van der Waals surface area contributed by atoms with E-state index in [0.717, 1.165) is 24.9 Å². The smallest absolute Gasteiger partial charge is 0.323 e. The number of benzene rings is 1. The fourth-order valence-electron chi connectivity index (χ4n) is 2.54. The summed E-state index contributed by atoms with van der Waals surface area (Å²) >= 11 is 0. The summed E-state index contributed by atoms with van der Waals surface area (Å²) in [7, 11) is 0. The van der Waals surface area contributed by atoms with Gasteiger partial charge in [-0.05, 0) is 61.2 Å². The zero-order chi connectivity index (χ0) is 16.6. The fourth-order valence-corrected chi connectivity index (χ4v) is 2.54. The molecule has 2 heterocycles. The van der Waals surface area contributed by atoms with Gasteiger partial charge in [-0.15, -0.1) is 0 Å². The van der Waals surface area contributed by atoms with Gasteiger partial charge in [0.05, 0.1) is 11.9 Å². The minimum Gasteiger partial charge on any atom is -0.365 e. The van der Waals surface area contributed by atoms with Crippen LogP contribution in [0.1, 0.15) is 17.7 Å². The summed E-state index contributed by atoms with van der Waals surface area (Å²) in [5, 5.41) is 5.61. The van der Waals surface area contributed by atoms with Gasteiger partial charge in [0, 0.05) is 23.8 Å². The number of nitrogens with zero attached hydrogens (tertiary/aromatic N) is 1. The number of H-pyrrole nitrogens is 1. The molecule has 0 spiro atoms. The topological polar surface area (TPSA) is 69.8 Å². The van der Waals surface area contributed by atoms with Crippen LogP contribution in [0.15, 0.2) is 67.1 Å². The molecule has 1 aromatic carbocycles. The van der Waals surface area contributed by atoms with Crippen molar-refractivity contribution < 1.29 is 4.79 Å². The highest BCUT2D eigenvalue weighted by Crippen LogP contribution is 2.14. The van der Waals surface area contributed by atoms with Crippen molar-refractivity contribution in [2.75, 3.05) is 10.6 Å². The van der Waals surface area contributed by atoms with Gasteiger partial charge in [0.1, 0.15) is 0 Å². The molecule has 0 saturated carbocycles. The van der Waals surface area contributed by atoms with Crippen molar-refractivity contribution in [3.05, 3.63) is 78.4 Å². The van der Waals surface area contributed by atoms with Gasteiger partial charge in [0.25, 0.3) is 0 Å². The second-order valence-corrected chi connectivity index (χ2v) is 5.57. The first-order valence-electron chi connectivity index (χ1n) is 7.99. The summed E-state index contributed by atoms with van der Waals surface area (Å²) in [6, 6.07) is 15.4. The van der Waals surface area contributed by atoms with Crippen LogP contribution in [0.25, 0.3) is 0 Å². The van der Waals surface area contributed by atoms with Gasteiger partial charge in [0.15, 0.2) is 0 Å². The van der Waals surface area contributed by atoms with Crippen LogP contribution in [0.3, 0.4) is 0 Å². The number of nitrogens with one attached hydrogen (secondary N) is 3. The van der Waals surface area contributed by atoms with Crippen molar-refractivity contribution in [3.8, 4) is 0 Å². The summed E-state index contributed by atoms with van der Waals surface area (Å²) in [6.07, 6.45) is 8.27. The molecule has 0 radical (unpaired) electrons. The Bertz CT molecular complexity index is 769. The number of rotatable bonds is 6. The third-order valence-corrected chi connectivity index (χ3v) is 3.68. The van der Waals surface area contributed by atoms with E-state index >= 15 is 0 Å². The molecule has 3 rings (SSSR count). The van der Waals surface area contributed by atoms with Crippen LogP contribution in [0, 0.1) is 0 Å². The van der Waals surface area contributed by atoms with Crippen molar-refractivity contribution in [2.24, 2.45) is 0 Å². The van der Waals surface area contributed by atoms with Gasteiger partial charge in [0.2, 0.25) is 0 Å². The van der Waals surface area contributed by atoms with E-state index in [4.69, 9.17) is 0 Å². The third-order valence-electron chi connectivity index (χ3n) is 3.68. The largest absolute Gasteiger partial charge is 0.365 e. The number of anilines is 2. The van der Waals surface area contributed by atoms with Crippen molar-refractivity contribution >= 4 is 17.4 Å². The second kappa shape index (κ2) is 7.97. The Kier molecular flexibility index (Phi) is 5.24. The van der Waals surface area contributed by atoms with E-state index in [9.17, 15) is 4.79 Å². The number of pyridine rings is 1. The van der Waals surface area contributed by atoms with Crippen LogP contribution in [-0.2, 0) is 12.8 Å². The van der Waals surface area contributed by atoms with E-state index in [1.54, 1.807) is 24.5 Å². The molecule has 3 aromatic rings. The summed E-state index contributed by atoms with van der Waals surface area (Å²) in [5.41, 5.74) is 3.91. The molecule has 2 amide bonds. The molecule has 0 atom stereocenters. The van der Waals surface area contributed by atoms with Gasteiger partial charge >= 0.3 is 6.03 Å². The van der Waals surface area contributed by atoms with Crippen LogP contribution >= 0.6 is 0 Å². The SMILES string of the molecule is O=C(Nc1cccnc1)Nc1cccc(CCCc2ccc[nH]2)c1. The van der Waals surface area contributed by atoms with Gasteiger partial charge in [-0.1, -0.05) is 12.1 Å². The molecular weight excluding hydrogens is 300 g/mol. The van der Waals surface area contributed by atoms with E-state index < -0.39 is 0 Å². The number of aromatic amines is 1. The quantitative estimate of drug-likeness (QED) is 0.636. The minimum atomic E-state index is -0.272. The molecule has 0 aliphatic rings. The molecule has 0 bridgehead atoms. The zero-order valence-corrected chi connectivity index (χ0v) is 13.3. The predicted octanol–water partition coefficient (Wildman–Crippen LogP) is 4.23. The molecule has 2 aromatic heterocycles. The molecule has 0 unspecified atom stereocenters. The number of hydrogen-bond acceptors (Lipinski definition) is 2. The number of urea groups is 1. The molecule has 5 nitrogen and oxygen atoms in total. The molecule has 5 heteroatoms. The zero-order valence-electron chi connectivity index (χ0n) is 13.3. The Hall–Kier alpha value is -3.08. The maximum atomic E-state index is 12.0. The predicted molar refractivity (Wildman–Crippen MR) is 96.1 cm³/mol. The highest BCUT2D eigenvalue weighted by atomic mass is 16.2. The fraction of sp³-hybridized carbons (Fsp3) is 0.158. The molecule has 3 N–H and O–H groups in total. The monoisotopic (exact) mass is 320 g/mol. The van der Waals surface area contributed by atoms with E-state index in [2.05, 4.69) is 32.7 Å². The first-order chi connectivity index (χ1) is 11.8. The van der Waals surface area contributed by atoms with Crippen molar-refractivity contribution in [3.63, 3.8) is 0 Å². The molecule has 0 aliphatic heterocycles. The molecule has 0 fully saturated rings. The maximum Gasteiger partial charge on any atom is 0.323 e. The first-order valence-corrected chi connectivity index (χ1v) is 7.99. The molecule has 24 heavy (non-hydrogen) atoms. The average Bonchev–Trinajstić information content (AvgIpc) is 3.09. The van der Waals surface area contributed by atoms with Crippen LogP contribution in [0.5, 0.6) is 0 Å². The normalized spacial score (nSPS) is 10.3. The van der Waals surface area contributed by atoms with Crippen molar-refractivity contribution in [1.82, 2.24) is 9.97 Å².